The van der Waals surface area contributed by atoms with E-state index in [0.29, 0.717) is 39.5 Å². The summed E-state index contributed by atoms with van der Waals surface area (Å²) in [4.78, 5) is 10.6. The van der Waals surface area contributed by atoms with E-state index in [9.17, 15) is 4.79 Å². The third kappa shape index (κ3) is 10.2. The first-order valence-corrected chi connectivity index (χ1v) is 5.71. The Labute approximate surface area is 102 Å². The molecule has 102 valence electrons. The molecule has 1 N–H and O–H groups in total. The highest BCUT2D eigenvalue weighted by atomic mass is 16.6. The zero-order valence-electron chi connectivity index (χ0n) is 10.5. The first-order valence-electron chi connectivity index (χ1n) is 5.71. The maximum atomic E-state index is 10.6. The molecule has 6 nitrogen and oxygen atoms in total. The molecule has 0 saturated carbocycles. The van der Waals surface area contributed by atoms with Gasteiger partial charge in [-0.05, 0) is 6.42 Å². The number of carboxylic acid groups (broad SMARTS) is 1. The molecule has 0 aromatic heterocycles. The zero-order chi connectivity index (χ0) is 12.9. The van der Waals surface area contributed by atoms with Crippen LogP contribution in [0, 0.1) is 0 Å². The molecule has 0 rings (SSSR count). The first kappa shape index (κ1) is 16.3. The lowest BCUT2D eigenvalue weighted by atomic mass is 10.3. The first-order chi connectivity index (χ1) is 8.22. The molecule has 0 spiro atoms. The van der Waals surface area contributed by atoms with Crippen molar-refractivity contribution >= 4 is 5.97 Å². The molecule has 0 saturated heterocycles. The zero-order valence-corrected chi connectivity index (χ0v) is 10.5. The highest BCUT2D eigenvalue weighted by molar-refractivity contribution is 5.72. The van der Waals surface area contributed by atoms with Crippen LogP contribution in [-0.4, -0.2) is 63.9 Å². The van der Waals surface area contributed by atoms with E-state index in [1.165, 1.54) is 0 Å². The Balaban J connectivity index is 3.20. The van der Waals surface area contributed by atoms with Crippen molar-refractivity contribution < 1.29 is 28.8 Å². The van der Waals surface area contributed by atoms with Crippen LogP contribution in [0.1, 0.15) is 13.3 Å². The molecule has 6 heteroatoms. The highest BCUT2D eigenvalue weighted by Gasteiger charge is 2.14. The molecule has 17 heavy (non-hydrogen) atoms. The Morgan fingerprint density at radius 3 is 2.06 bits per heavy atom. The van der Waals surface area contributed by atoms with Crippen LogP contribution in [0.4, 0.5) is 0 Å². The van der Waals surface area contributed by atoms with Crippen LogP contribution in [0.25, 0.3) is 0 Å². The Bertz CT molecular complexity index is 185. The molecular formula is C11H22O6. The standard InChI is InChI=1S/C11H22O6/c1-3-10(11(12)13)17-9-8-16-7-6-15-5-4-14-2/h10H,3-9H2,1-2H3,(H,12,13). The molecule has 1 atom stereocenters. The van der Waals surface area contributed by atoms with E-state index in [0.717, 1.165) is 0 Å². The van der Waals surface area contributed by atoms with Crippen LogP contribution in [0.3, 0.4) is 0 Å². The van der Waals surface area contributed by atoms with E-state index in [1.54, 1.807) is 14.0 Å². The average Bonchev–Trinajstić information content (AvgIpc) is 2.31. The third-order valence-electron chi connectivity index (χ3n) is 2.00. The number of ether oxygens (including phenoxy) is 4. The largest absolute Gasteiger partial charge is 0.479 e. The molecule has 0 heterocycles. The van der Waals surface area contributed by atoms with Gasteiger partial charge in [-0.15, -0.1) is 0 Å². The van der Waals surface area contributed by atoms with Gasteiger partial charge < -0.3 is 24.1 Å². The van der Waals surface area contributed by atoms with Crippen molar-refractivity contribution in [2.24, 2.45) is 0 Å². The number of methoxy groups -OCH3 is 1. The van der Waals surface area contributed by atoms with Crippen molar-refractivity contribution in [1.82, 2.24) is 0 Å². The van der Waals surface area contributed by atoms with Crippen molar-refractivity contribution in [1.29, 1.82) is 0 Å². The van der Waals surface area contributed by atoms with Gasteiger partial charge in [0.25, 0.3) is 0 Å². The van der Waals surface area contributed by atoms with Crippen LogP contribution in [0.5, 0.6) is 0 Å². The quantitative estimate of drug-likeness (QED) is 0.510. The van der Waals surface area contributed by atoms with Gasteiger partial charge in [0.15, 0.2) is 6.10 Å². The molecule has 0 bridgehead atoms. The summed E-state index contributed by atoms with van der Waals surface area (Å²) < 4.78 is 20.3. The number of carboxylic acids is 1. The van der Waals surface area contributed by atoms with E-state index in [4.69, 9.17) is 24.1 Å². The van der Waals surface area contributed by atoms with Crippen molar-refractivity contribution in [2.45, 2.75) is 19.4 Å². The molecule has 0 amide bonds. The van der Waals surface area contributed by atoms with E-state index in [-0.39, 0.29) is 6.61 Å². The number of aliphatic carboxylic acids is 1. The van der Waals surface area contributed by atoms with Crippen LogP contribution in [0.2, 0.25) is 0 Å². The minimum atomic E-state index is -0.935. The van der Waals surface area contributed by atoms with Crippen LogP contribution in [-0.2, 0) is 23.7 Å². The number of hydrogen-bond donors (Lipinski definition) is 1. The minimum absolute atomic E-state index is 0.281. The van der Waals surface area contributed by atoms with Gasteiger partial charge in [-0.3, -0.25) is 0 Å². The van der Waals surface area contributed by atoms with Crippen molar-refractivity contribution in [2.75, 3.05) is 46.8 Å². The molecule has 1 unspecified atom stereocenters. The van der Waals surface area contributed by atoms with Crippen LogP contribution in [0.15, 0.2) is 0 Å². The molecule has 0 aliphatic carbocycles. The smallest absolute Gasteiger partial charge is 0.332 e. The third-order valence-corrected chi connectivity index (χ3v) is 2.00. The van der Waals surface area contributed by atoms with Crippen molar-refractivity contribution in [3.63, 3.8) is 0 Å². The predicted molar refractivity (Wildman–Crippen MR) is 61.2 cm³/mol. The molecule has 0 aromatic rings. The SMILES string of the molecule is CCC(OCCOCCOCCOC)C(=O)O. The second-order valence-electron chi connectivity index (χ2n) is 3.32. The summed E-state index contributed by atoms with van der Waals surface area (Å²) in [6, 6.07) is 0. The van der Waals surface area contributed by atoms with Gasteiger partial charge in [0.2, 0.25) is 0 Å². The van der Waals surface area contributed by atoms with Crippen LogP contribution < -0.4 is 0 Å². The van der Waals surface area contributed by atoms with Crippen molar-refractivity contribution in [3.8, 4) is 0 Å². The van der Waals surface area contributed by atoms with Gasteiger partial charge in [-0.1, -0.05) is 6.92 Å². The van der Waals surface area contributed by atoms with Gasteiger partial charge >= 0.3 is 5.97 Å². The van der Waals surface area contributed by atoms with E-state index >= 15 is 0 Å². The maximum absolute atomic E-state index is 10.6. The summed E-state index contributed by atoms with van der Waals surface area (Å²) in [5, 5.41) is 8.70. The minimum Gasteiger partial charge on any atom is -0.479 e. The fourth-order valence-corrected chi connectivity index (χ4v) is 1.08. The molecule has 0 aromatic carbocycles. The Kier molecular flexibility index (Phi) is 11.3. The summed E-state index contributed by atoms with van der Waals surface area (Å²) in [6.07, 6.45) is -0.285. The molecule has 0 fully saturated rings. The highest BCUT2D eigenvalue weighted by Crippen LogP contribution is 1.97. The Morgan fingerprint density at radius 1 is 1.06 bits per heavy atom. The van der Waals surface area contributed by atoms with E-state index in [1.807, 2.05) is 0 Å². The fraction of sp³-hybridized carbons (Fsp3) is 0.909. The van der Waals surface area contributed by atoms with Gasteiger partial charge in [0, 0.05) is 7.11 Å². The van der Waals surface area contributed by atoms with Gasteiger partial charge in [-0.2, -0.15) is 0 Å². The monoisotopic (exact) mass is 250 g/mol. The fourth-order valence-electron chi connectivity index (χ4n) is 1.08. The summed E-state index contributed by atoms with van der Waals surface area (Å²) in [5.74, 6) is -0.935. The number of rotatable bonds is 12. The Morgan fingerprint density at radius 2 is 1.59 bits per heavy atom. The Hall–Kier alpha value is -0.690. The lowest BCUT2D eigenvalue weighted by Crippen LogP contribution is -2.24. The van der Waals surface area contributed by atoms with Gasteiger partial charge in [0.1, 0.15) is 0 Å². The summed E-state index contributed by atoms with van der Waals surface area (Å²) in [5.41, 5.74) is 0. The maximum Gasteiger partial charge on any atom is 0.332 e. The average molecular weight is 250 g/mol. The van der Waals surface area contributed by atoms with Gasteiger partial charge in [0.05, 0.1) is 39.6 Å². The molecule has 0 aliphatic rings. The lowest BCUT2D eigenvalue weighted by Gasteiger charge is -2.11. The van der Waals surface area contributed by atoms with Crippen LogP contribution >= 0.6 is 0 Å². The second kappa shape index (κ2) is 11.8. The topological polar surface area (TPSA) is 74.2 Å². The summed E-state index contributed by atoms with van der Waals surface area (Å²) >= 11 is 0. The lowest BCUT2D eigenvalue weighted by molar-refractivity contribution is -0.151. The summed E-state index contributed by atoms with van der Waals surface area (Å²) in [6.45, 7) is 4.51. The predicted octanol–water partition coefficient (Wildman–Crippen LogP) is 0.546. The summed E-state index contributed by atoms with van der Waals surface area (Å²) in [7, 11) is 1.61. The molecule has 0 radical (unpaired) electrons. The number of hydrogen-bond acceptors (Lipinski definition) is 5. The second-order valence-corrected chi connectivity index (χ2v) is 3.32. The molecule has 0 aliphatic heterocycles. The number of carbonyl (C=O) groups is 1. The van der Waals surface area contributed by atoms with Crippen molar-refractivity contribution in [3.05, 3.63) is 0 Å². The normalized spacial score (nSPS) is 12.6. The van der Waals surface area contributed by atoms with E-state index in [2.05, 4.69) is 0 Å². The van der Waals surface area contributed by atoms with Gasteiger partial charge in [-0.25, -0.2) is 4.79 Å². The molecular weight excluding hydrogens is 228 g/mol. The van der Waals surface area contributed by atoms with E-state index < -0.39 is 12.1 Å².